The molecule has 0 aliphatic rings. The van der Waals surface area contributed by atoms with Crippen LogP contribution in [0.4, 0.5) is 4.79 Å². The van der Waals surface area contributed by atoms with Crippen LogP contribution in [0.1, 0.15) is 4.88 Å². The zero-order valence-electron chi connectivity index (χ0n) is 15.5. The highest BCUT2D eigenvalue weighted by atomic mass is 32.1. The first-order chi connectivity index (χ1) is 14.0. The summed E-state index contributed by atoms with van der Waals surface area (Å²) in [5.41, 5.74) is 0. The monoisotopic (exact) mass is 419 g/mol. The van der Waals surface area contributed by atoms with Gasteiger partial charge >= 0.3 is 12.0 Å². The summed E-state index contributed by atoms with van der Waals surface area (Å²) < 4.78 is 9.92. The first kappa shape index (κ1) is 21.9. The topological polar surface area (TPSA) is 123 Å². The lowest BCUT2D eigenvalue weighted by molar-refractivity contribution is -0.148. The van der Waals surface area contributed by atoms with E-state index >= 15 is 0 Å². The van der Waals surface area contributed by atoms with Crippen LogP contribution in [-0.2, 0) is 25.5 Å². The van der Waals surface area contributed by atoms with E-state index in [2.05, 4.69) is 10.6 Å². The van der Waals surface area contributed by atoms with Crippen molar-refractivity contribution in [3.63, 3.8) is 0 Å². The second-order valence-electron chi connectivity index (χ2n) is 5.67. The van der Waals surface area contributed by atoms with Crippen LogP contribution in [0.2, 0.25) is 0 Å². The predicted molar refractivity (Wildman–Crippen MR) is 105 cm³/mol. The summed E-state index contributed by atoms with van der Waals surface area (Å²) in [6.45, 7) is -0.940. The number of hydrogen-bond donors (Lipinski definition) is 3. The van der Waals surface area contributed by atoms with Crippen LogP contribution >= 0.6 is 11.3 Å². The Labute approximate surface area is 171 Å². The number of imide groups is 1. The van der Waals surface area contributed by atoms with Gasteiger partial charge in [0.05, 0.1) is 0 Å². The van der Waals surface area contributed by atoms with Gasteiger partial charge in [-0.05, 0) is 30.0 Å². The Balaban J connectivity index is 1.52. The van der Waals surface area contributed by atoms with Crippen molar-refractivity contribution in [3.05, 3.63) is 52.7 Å². The van der Waals surface area contributed by atoms with Gasteiger partial charge in [-0.15, -0.1) is 11.3 Å². The number of amides is 4. The van der Waals surface area contributed by atoms with Crippen molar-refractivity contribution >= 4 is 35.2 Å². The smallest absolute Gasteiger partial charge is 0.325 e. The lowest BCUT2D eigenvalue weighted by Crippen LogP contribution is -2.42. The molecule has 0 unspecified atom stereocenters. The fourth-order valence-corrected chi connectivity index (χ4v) is 2.75. The van der Waals surface area contributed by atoms with Gasteiger partial charge in [0.1, 0.15) is 12.3 Å². The van der Waals surface area contributed by atoms with Gasteiger partial charge in [0.25, 0.3) is 11.8 Å². The van der Waals surface area contributed by atoms with Gasteiger partial charge in [-0.1, -0.05) is 24.3 Å². The van der Waals surface area contributed by atoms with Gasteiger partial charge in [0, 0.05) is 11.4 Å². The summed E-state index contributed by atoms with van der Waals surface area (Å²) in [6, 6.07) is 11.9. The largest absolute Gasteiger partial charge is 0.484 e. The molecule has 3 N–H and O–H groups in total. The molecule has 29 heavy (non-hydrogen) atoms. The maximum atomic E-state index is 11.6. The van der Waals surface area contributed by atoms with Crippen LogP contribution in [0.15, 0.2) is 47.8 Å². The van der Waals surface area contributed by atoms with Crippen molar-refractivity contribution in [2.24, 2.45) is 0 Å². The highest BCUT2D eigenvalue weighted by Gasteiger charge is 2.12. The van der Waals surface area contributed by atoms with E-state index < -0.39 is 37.0 Å². The Morgan fingerprint density at radius 2 is 1.69 bits per heavy atom. The standard InChI is InChI=1S/C19H21N3O6S/c23-16(12-27-14-5-2-1-3-6-14)21-11-18(25)28-13-17(24)22-19(26)20-9-8-15-7-4-10-29-15/h1-7,10H,8-9,11-13H2,(H,21,23)(H2,20,22,24,26). The lowest BCUT2D eigenvalue weighted by Gasteiger charge is -2.08. The second-order valence-corrected chi connectivity index (χ2v) is 6.70. The lowest BCUT2D eigenvalue weighted by atomic mass is 10.3. The van der Waals surface area contributed by atoms with Crippen LogP contribution in [0.25, 0.3) is 0 Å². The van der Waals surface area contributed by atoms with Crippen LogP contribution < -0.4 is 20.7 Å². The average molecular weight is 419 g/mol. The number of esters is 1. The number of thiophene rings is 1. The minimum absolute atomic E-state index is 0.260. The van der Waals surface area contributed by atoms with E-state index in [1.54, 1.807) is 35.6 Å². The molecule has 0 atom stereocenters. The summed E-state index contributed by atoms with van der Waals surface area (Å²) in [5, 5.41) is 8.83. The van der Waals surface area contributed by atoms with Crippen molar-refractivity contribution in [1.29, 1.82) is 0 Å². The molecular weight excluding hydrogens is 398 g/mol. The van der Waals surface area contributed by atoms with Crippen LogP contribution in [-0.4, -0.2) is 50.1 Å². The molecule has 0 aliphatic heterocycles. The van der Waals surface area contributed by atoms with Crippen molar-refractivity contribution in [3.8, 4) is 5.75 Å². The van der Waals surface area contributed by atoms with Crippen LogP contribution in [0.5, 0.6) is 5.75 Å². The normalized spacial score (nSPS) is 9.93. The minimum atomic E-state index is -0.814. The minimum Gasteiger partial charge on any atom is -0.484 e. The van der Waals surface area contributed by atoms with Gasteiger partial charge in [-0.2, -0.15) is 0 Å². The zero-order valence-corrected chi connectivity index (χ0v) is 16.3. The highest BCUT2D eigenvalue weighted by molar-refractivity contribution is 7.09. The molecule has 0 spiro atoms. The third kappa shape index (κ3) is 9.38. The quantitative estimate of drug-likeness (QED) is 0.491. The fourth-order valence-electron chi connectivity index (χ4n) is 2.05. The molecule has 0 radical (unpaired) electrons. The van der Waals surface area contributed by atoms with Gasteiger partial charge in [0.15, 0.2) is 13.2 Å². The van der Waals surface area contributed by atoms with Gasteiger partial charge in [0.2, 0.25) is 0 Å². The highest BCUT2D eigenvalue weighted by Crippen LogP contribution is 2.08. The van der Waals surface area contributed by atoms with Gasteiger partial charge < -0.3 is 20.1 Å². The fraction of sp³-hybridized carbons (Fsp3) is 0.263. The summed E-state index contributed by atoms with van der Waals surface area (Å²) in [4.78, 5) is 47.5. The maximum Gasteiger partial charge on any atom is 0.325 e. The third-order valence-corrected chi connectivity index (χ3v) is 4.33. The third-order valence-electron chi connectivity index (χ3n) is 3.40. The molecular formula is C19H21N3O6S. The Morgan fingerprint density at radius 3 is 2.41 bits per heavy atom. The molecule has 1 aromatic carbocycles. The number of benzene rings is 1. The first-order valence-electron chi connectivity index (χ1n) is 8.73. The van der Waals surface area contributed by atoms with E-state index in [9.17, 15) is 19.2 Å². The number of carbonyl (C=O) groups is 4. The maximum absolute atomic E-state index is 11.6. The molecule has 0 saturated carbocycles. The first-order valence-corrected chi connectivity index (χ1v) is 9.61. The molecule has 0 saturated heterocycles. The molecule has 0 bridgehead atoms. The Hall–Kier alpha value is -3.40. The molecule has 10 heteroatoms. The van der Waals surface area contributed by atoms with Crippen LogP contribution in [0, 0.1) is 0 Å². The van der Waals surface area contributed by atoms with Gasteiger partial charge in [-0.25, -0.2) is 4.79 Å². The SMILES string of the molecule is O=C(COc1ccccc1)NCC(=O)OCC(=O)NC(=O)NCCc1cccs1. The van der Waals surface area contributed by atoms with Crippen molar-refractivity contribution in [2.45, 2.75) is 6.42 Å². The summed E-state index contributed by atoms with van der Waals surface area (Å²) in [6.07, 6.45) is 0.655. The van der Waals surface area contributed by atoms with E-state index in [1.807, 2.05) is 28.9 Å². The number of rotatable bonds is 10. The molecule has 0 aliphatic carbocycles. The number of carbonyl (C=O) groups excluding carboxylic acids is 4. The van der Waals surface area contributed by atoms with Crippen molar-refractivity contribution in [1.82, 2.24) is 16.0 Å². The average Bonchev–Trinajstić information content (AvgIpc) is 3.23. The van der Waals surface area contributed by atoms with Gasteiger partial charge in [-0.3, -0.25) is 19.7 Å². The Kier molecular flexibility index (Phi) is 9.16. The van der Waals surface area contributed by atoms with Crippen molar-refractivity contribution in [2.75, 3.05) is 26.3 Å². The molecule has 0 fully saturated rings. The number of hydrogen-bond acceptors (Lipinski definition) is 7. The van der Waals surface area contributed by atoms with Crippen molar-refractivity contribution < 1.29 is 28.7 Å². The molecule has 1 heterocycles. The predicted octanol–water partition coefficient (Wildman–Crippen LogP) is 0.855. The van der Waals surface area contributed by atoms with E-state index in [4.69, 9.17) is 9.47 Å². The van der Waals surface area contributed by atoms with E-state index in [0.29, 0.717) is 18.7 Å². The molecule has 154 valence electrons. The van der Waals surface area contributed by atoms with Crippen LogP contribution in [0.3, 0.4) is 0 Å². The summed E-state index contributed by atoms with van der Waals surface area (Å²) in [7, 11) is 0. The number of ether oxygens (including phenoxy) is 2. The zero-order chi connectivity index (χ0) is 20.9. The molecule has 2 aromatic rings. The molecule has 4 amide bonds. The number of urea groups is 1. The number of para-hydroxylation sites is 1. The molecule has 1 aromatic heterocycles. The Bertz CT molecular complexity index is 811. The van der Waals surface area contributed by atoms with E-state index in [-0.39, 0.29) is 6.61 Å². The molecule has 9 nitrogen and oxygen atoms in total. The molecule has 2 rings (SSSR count). The Morgan fingerprint density at radius 1 is 0.897 bits per heavy atom. The van der Waals surface area contributed by atoms with E-state index in [0.717, 1.165) is 4.88 Å². The summed E-state index contributed by atoms with van der Waals surface area (Å²) in [5.74, 6) is -1.58. The summed E-state index contributed by atoms with van der Waals surface area (Å²) >= 11 is 1.57. The second kappa shape index (κ2) is 12.1. The van der Waals surface area contributed by atoms with E-state index in [1.165, 1.54) is 0 Å². The number of nitrogens with one attached hydrogen (secondary N) is 3.